The highest BCUT2D eigenvalue weighted by Gasteiger charge is 2.12. The van der Waals surface area contributed by atoms with Gasteiger partial charge >= 0.3 is 0 Å². The summed E-state index contributed by atoms with van der Waals surface area (Å²) in [7, 11) is 0. The first-order valence-corrected chi connectivity index (χ1v) is 8.13. The summed E-state index contributed by atoms with van der Waals surface area (Å²) in [5.74, 6) is 1.35. The topological polar surface area (TPSA) is 59.6 Å². The Morgan fingerprint density at radius 2 is 1.88 bits per heavy atom. The zero-order chi connectivity index (χ0) is 16.9. The number of aryl methyl sites for hydroxylation is 1. The predicted molar refractivity (Wildman–Crippen MR) is 95.1 cm³/mol. The van der Waals surface area contributed by atoms with E-state index in [-0.39, 0.29) is 5.91 Å². The number of fused-ring (bicyclic) bond motifs is 1. The van der Waals surface area contributed by atoms with E-state index < -0.39 is 0 Å². The van der Waals surface area contributed by atoms with Gasteiger partial charge in [0.05, 0.1) is 0 Å². The number of carbonyl (C=O) groups is 1. The van der Waals surface area contributed by atoms with Crippen LogP contribution in [0.15, 0.2) is 36.4 Å². The fourth-order valence-corrected chi connectivity index (χ4v) is 2.60. The summed E-state index contributed by atoms with van der Waals surface area (Å²) in [4.78, 5) is 12.1. The average molecular weight is 326 g/mol. The molecule has 5 heteroatoms. The molecule has 2 N–H and O–H groups in total. The second-order valence-electron chi connectivity index (χ2n) is 5.83. The molecule has 0 bridgehead atoms. The van der Waals surface area contributed by atoms with E-state index in [1.165, 1.54) is 11.1 Å². The molecule has 1 aliphatic rings. The third kappa shape index (κ3) is 3.79. The summed E-state index contributed by atoms with van der Waals surface area (Å²) >= 11 is 0. The van der Waals surface area contributed by atoms with E-state index in [1.807, 2.05) is 24.3 Å². The van der Waals surface area contributed by atoms with Gasteiger partial charge in [-0.15, -0.1) is 0 Å². The van der Waals surface area contributed by atoms with Gasteiger partial charge in [0, 0.05) is 30.4 Å². The molecule has 1 aliphatic heterocycles. The molecule has 0 aromatic heterocycles. The maximum absolute atomic E-state index is 12.1. The van der Waals surface area contributed by atoms with Gasteiger partial charge in [-0.3, -0.25) is 4.79 Å². The van der Waals surface area contributed by atoms with E-state index in [1.54, 1.807) is 6.07 Å². The summed E-state index contributed by atoms with van der Waals surface area (Å²) < 4.78 is 11.0. The quantitative estimate of drug-likeness (QED) is 0.883. The van der Waals surface area contributed by atoms with Gasteiger partial charge < -0.3 is 20.1 Å². The summed E-state index contributed by atoms with van der Waals surface area (Å²) in [5, 5.41) is 6.20. The van der Waals surface area contributed by atoms with Crippen LogP contribution in [0, 0.1) is 13.8 Å². The number of carbonyl (C=O) groups excluding carboxylic acids is 1. The Balaban J connectivity index is 1.52. The smallest absolute Gasteiger partial charge is 0.226 e. The van der Waals surface area contributed by atoms with Crippen LogP contribution in [0.3, 0.4) is 0 Å². The van der Waals surface area contributed by atoms with Crippen molar-refractivity contribution < 1.29 is 14.3 Å². The molecule has 0 spiro atoms. The van der Waals surface area contributed by atoms with Crippen molar-refractivity contribution in [1.82, 2.24) is 0 Å². The molecule has 0 radical (unpaired) electrons. The van der Waals surface area contributed by atoms with Crippen molar-refractivity contribution in [3.05, 3.63) is 47.5 Å². The van der Waals surface area contributed by atoms with Crippen molar-refractivity contribution in [1.29, 1.82) is 0 Å². The van der Waals surface area contributed by atoms with E-state index in [0.29, 0.717) is 31.9 Å². The fraction of sp³-hybridized carbons (Fsp3) is 0.316. The Morgan fingerprint density at radius 1 is 1.08 bits per heavy atom. The minimum Gasteiger partial charge on any atom is -0.486 e. The van der Waals surface area contributed by atoms with Gasteiger partial charge in [0.2, 0.25) is 5.91 Å². The van der Waals surface area contributed by atoms with Crippen molar-refractivity contribution in [3.63, 3.8) is 0 Å². The Bertz CT molecular complexity index is 743. The predicted octanol–water partition coefficient (Wildman–Crippen LogP) is 3.52. The first-order valence-electron chi connectivity index (χ1n) is 8.13. The van der Waals surface area contributed by atoms with E-state index in [0.717, 1.165) is 17.1 Å². The average Bonchev–Trinajstić information content (AvgIpc) is 2.58. The van der Waals surface area contributed by atoms with Crippen LogP contribution >= 0.6 is 0 Å². The minimum atomic E-state index is -0.0375. The molecule has 1 heterocycles. The molecule has 1 amide bonds. The molecule has 0 aliphatic carbocycles. The molecule has 126 valence electrons. The molecule has 24 heavy (non-hydrogen) atoms. The zero-order valence-electron chi connectivity index (χ0n) is 14.0. The second kappa shape index (κ2) is 7.25. The highest BCUT2D eigenvalue weighted by molar-refractivity contribution is 5.91. The second-order valence-corrected chi connectivity index (χ2v) is 5.83. The number of rotatable bonds is 5. The summed E-state index contributed by atoms with van der Waals surface area (Å²) in [5.41, 5.74) is 4.24. The van der Waals surface area contributed by atoms with Gasteiger partial charge in [-0.25, -0.2) is 0 Å². The van der Waals surface area contributed by atoms with Crippen LogP contribution in [0.4, 0.5) is 11.4 Å². The van der Waals surface area contributed by atoms with Gasteiger partial charge in [0.1, 0.15) is 13.2 Å². The third-order valence-corrected chi connectivity index (χ3v) is 4.10. The lowest BCUT2D eigenvalue weighted by Gasteiger charge is -2.19. The van der Waals surface area contributed by atoms with Crippen molar-refractivity contribution in [2.45, 2.75) is 20.3 Å². The number of ether oxygens (including phenoxy) is 2. The van der Waals surface area contributed by atoms with E-state index >= 15 is 0 Å². The molecule has 5 nitrogen and oxygen atoms in total. The van der Waals surface area contributed by atoms with E-state index in [9.17, 15) is 4.79 Å². The first-order chi connectivity index (χ1) is 11.6. The largest absolute Gasteiger partial charge is 0.486 e. The van der Waals surface area contributed by atoms with Gasteiger partial charge in [-0.05, 0) is 43.2 Å². The molecule has 3 rings (SSSR count). The normalized spacial score (nSPS) is 12.6. The zero-order valence-corrected chi connectivity index (χ0v) is 14.0. The molecule has 0 saturated heterocycles. The van der Waals surface area contributed by atoms with Gasteiger partial charge in [-0.1, -0.05) is 12.1 Å². The minimum absolute atomic E-state index is 0.0375. The standard InChI is InChI=1S/C19H22N2O3/c1-13-4-3-5-16(14(13)2)20-9-8-19(22)21-15-6-7-17-18(12-15)24-11-10-23-17/h3-7,12,20H,8-11H2,1-2H3,(H,21,22). The maximum Gasteiger partial charge on any atom is 0.226 e. The molecular weight excluding hydrogens is 304 g/mol. The molecule has 2 aromatic carbocycles. The number of anilines is 2. The first kappa shape index (κ1) is 16.2. The van der Waals surface area contributed by atoms with Gasteiger partial charge in [-0.2, -0.15) is 0 Å². The summed E-state index contributed by atoms with van der Waals surface area (Å²) in [6, 6.07) is 11.6. The van der Waals surface area contributed by atoms with Crippen LogP contribution in [0.25, 0.3) is 0 Å². The highest BCUT2D eigenvalue weighted by atomic mass is 16.6. The highest BCUT2D eigenvalue weighted by Crippen LogP contribution is 2.32. The maximum atomic E-state index is 12.1. The summed E-state index contributed by atoms with van der Waals surface area (Å²) in [6.45, 7) is 5.83. The van der Waals surface area contributed by atoms with Crippen LogP contribution in [0.2, 0.25) is 0 Å². The molecule has 0 fully saturated rings. The van der Waals surface area contributed by atoms with E-state index in [2.05, 4.69) is 30.5 Å². The lowest BCUT2D eigenvalue weighted by Crippen LogP contribution is -2.18. The SMILES string of the molecule is Cc1cccc(NCCC(=O)Nc2ccc3c(c2)OCCO3)c1C. The summed E-state index contributed by atoms with van der Waals surface area (Å²) in [6.07, 6.45) is 0.391. The number of amides is 1. The van der Waals surface area contributed by atoms with Crippen molar-refractivity contribution in [2.75, 3.05) is 30.4 Å². The van der Waals surface area contributed by atoms with Crippen LogP contribution < -0.4 is 20.1 Å². The lowest BCUT2D eigenvalue weighted by atomic mass is 10.1. The third-order valence-electron chi connectivity index (χ3n) is 4.10. The van der Waals surface area contributed by atoms with Crippen LogP contribution in [0.1, 0.15) is 17.5 Å². The lowest BCUT2D eigenvalue weighted by molar-refractivity contribution is -0.115. The molecule has 0 saturated carbocycles. The monoisotopic (exact) mass is 326 g/mol. The molecule has 0 atom stereocenters. The van der Waals surface area contributed by atoms with Crippen LogP contribution in [-0.2, 0) is 4.79 Å². The Labute approximate surface area is 142 Å². The van der Waals surface area contributed by atoms with Gasteiger partial charge in [0.15, 0.2) is 11.5 Å². The van der Waals surface area contributed by atoms with Crippen molar-refractivity contribution in [3.8, 4) is 11.5 Å². The number of nitrogens with one attached hydrogen (secondary N) is 2. The van der Waals surface area contributed by atoms with E-state index in [4.69, 9.17) is 9.47 Å². The van der Waals surface area contributed by atoms with Gasteiger partial charge in [0.25, 0.3) is 0 Å². The molecular formula is C19H22N2O3. The Morgan fingerprint density at radius 3 is 2.71 bits per heavy atom. The number of hydrogen-bond acceptors (Lipinski definition) is 4. The van der Waals surface area contributed by atoms with Crippen LogP contribution in [0.5, 0.6) is 11.5 Å². The van der Waals surface area contributed by atoms with Crippen molar-refractivity contribution in [2.24, 2.45) is 0 Å². The van der Waals surface area contributed by atoms with Crippen molar-refractivity contribution >= 4 is 17.3 Å². The molecule has 0 unspecified atom stereocenters. The Hall–Kier alpha value is -2.69. The molecule has 2 aromatic rings. The van der Waals surface area contributed by atoms with Crippen LogP contribution in [-0.4, -0.2) is 25.7 Å². The number of hydrogen-bond donors (Lipinski definition) is 2. The number of benzene rings is 2. The Kier molecular flexibility index (Phi) is 4.89. The fourth-order valence-electron chi connectivity index (χ4n) is 2.60.